The molecule has 0 aliphatic carbocycles. The summed E-state index contributed by atoms with van der Waals surface area (Å²) < 4.78 is 54.3. The molecule has 0 radical (unpaired) electrons. The van der Waals surface area contributed by atoms with Gasteiger partial charge < -0.3 is 10.1 Å². The molecule has 0 spiro atoms. The molecule has 0 saturated carbocycles. The number of fused-ring (bicyclic) bond motifs is 1. The highest BCUT2D eigenvalue weighted by Crippen LogP contribution is 2.31. The molecule has 11 heteroatoms. The van der Waals surface area contributed by atoms with E-state index in [1.165, 1.54) is 12.1 Å². The number of carbonyl (C=O) groups excluding carboxylic acids is 1. The summed E-state index contributed by atoms with van der Waals surface area (Å²) in [5.74, 6) is -1.11. The van der Waals surface area contributed by atoms with Crippen LogP contribution in [0.4, 0.5) is 33.2 Å². The van der Waals surface area contributed by atoms with E-state index in [1.807, 2.05) is 0 Å². The molecule has 138 valence electrons. The van der Waals surface area contributed by atoms with E-state index < -0.39 is 24.0 Å². The predicted molar refractivity (Wildman–Crippen MR) is 90.1 cm³/mol. The first-order valence-corrected chi connectivity index (χ1v) is 7.99. The highest BCUT2D eigenvalue weighted by molar-refractivity contribution is 7.22. The van der Waals surface area contributed by atoms with Crippen molar-refractivity contribution < 1.29 is 27.1 Å². The molecule has 0 bridgehead atoms. The predicted octanol–water partition coefficient (Wildman–Crippen LogP) is 4.85. The topological polar surface area (TPSA) is 87.0 Å². The Balaban J connectivity index is 1.72. The minimum atomic E-state index is -4.81. The first kappa shape index (κ1) is 18.4. The Morgan fingerprint density at radius 2 is 1.96 bits per heavy atom. The summed E-state index contributed by atoms with van der Waals surface area (Å²) in [7, 11) is 0. The van der Waals surface area contributed by atoms with Gasteiger partial charge in [0.05, 0.1) is 15.8 Å². The quantitative estimate of drug-likeness (QED) is 0.620. The molecule has 1 heterocycles. The van der Waals surface area contributed by atoms with Crippen LogP contribution in [0.1, 0.15) is 5.56 Å². The molecule has 1 aromatic heterocycles. The smallest absolute Gasteiger partial charge is 0.406 e. The van der Waals surface area contributed by atoms with Crippen LogP contribution in [0.15, 0.2) is 36.4 Å². The average Bonchev–Trinajstić information content (AvgIpc) is 2.96. The molecule has 0 fully saturated rings. The average molecular weight is 396 g/mol. The maximum Gasteiger partial charge on any atom is 0.573 e. The summed E-state index contributed by atoms with van der Waals surface area (Å²) in [6.07, 6.45) is -4.81. The number of amides is 2. The zero-order chi connectivity index (χ0) is 19.6. The van der Waals surface area contributed by atoms with Gasteiger partial charge in [0, 0.05) is 11.8 Å². The van der Waals surface area contributed by atoms with Crippen LogP contribution < -0.4 is 15.4 Å². The summed E-state index contributed by atoms with van der Waals surface area (Å²) >= 11 is 0.944. The van der Waals surface area contributed by atoms with Gasteiger partial charge in [-0.1, -0.05) is 11.3 Å². The van der Waals surface area contributed by atoms with Crippen LogP contribution in [0.3, 0.4) is 0 Å². The van der Waals surface area contributed by atoms with Crippen molar-refractivity contribution in [2.45, 2.75) is 6.36 Å². The van der Waals surface area contributed by atoms with Crippen LogP contribution >= 0.6 is 11.3 Å². The van der Waals surface area contributed by atoms with Crippen molar-refractivity contribution in [3.8, 4) is 11.8 Å². The lowest BCUT2D eigenvalue weighted by Gasteiger charge is -2.07. The summed E-state index contributed by atoms with van der Waals surface area (Å²) in [4.78, 5) is 16.1. The highest BCUT2D eigenvalue weighted by Gasteiger charge is 2.31. The molecule has 0 unspecified atom stereocenters. The van der Waals surface area contributed by atoms with E-state index in [0.717, 1.165) is 35.6 Å². The number of anilines is 2. The minimum Gasteiger partial charge on any atom is -0.406 e. The van der Waals surface area contributed by atoms with Gasteiger partial charge in [0.2, 0.25) is 0 Å². The molecular formula is C16H8F4N4O2S. The third-order valence-electron chi connectivity index (χ3n) is 3.16. The third-order valence-corrected chi connectivity index (χ3v) is 4.09. The van der Waals surface area contributed by atoms with E-state index in [0.29, 0.717) is 10.2 Å². The summed E-state index contributed by atoms with van der Waals surface area (Å²) in [6.45, 7) is 0. The standard InChI is InChI=1S/C16H8F4N4O2S/c17-11-3-1-9(5-8(11)7-21)22-14(25)24-15-23-12-4-2-10(6-13(12)27-15)26-16(18,19)20/h1-6H,(H2,22,23,24,25). The fourth-order valence-electron chi connectivity index (χ4n) is 2.10. The molecular weight excluding hydrogens is 388 g/mol. The second-order valence-electron chi connectivity index (χ2n) is 5.08. The van der Waals surface area contributed by atoms with Gasteiger partial charge in [0.1, 0.15) is 17.6 Å². The molecule has 27 heavy (non-hydrogen) atoms. The number of halogens is 4. The molecule has 3 rings (SSSR count). The first-order valence-electron chi connectivity index (χ1n) is 7.17. The summed E-state index contributed by atoms with van der Waals surface area (Å²) in [5.41, 5.74) is 0.329. The molecule has 3 aromatic rings. The van der Waals surface area contributed by atoms with Crippen molar-refractivity contribution >= 4 is 38.4 Å². The number of benzene rings is 2. The van der Waals surface area contributed by atoms with Crippen LogP contribution in [-0.4, -0.2) is 17.4 Å². The van der Waals surface area contributed by atoms with Crippen molar-refractivity contribution in [1.29, 1.82) is 5.26 Å². The molecule has 2 amide bonds. The van der Waals surface area contributed by atoms with Crippen molar-refractivity contribution in [2.75, 3.05) is 10.6 Å². The Bertz CT molecular complexity index is 1060. The normalized spacial score (nSPS) is 11.1. The molecule has 2 aromatic carbocycles. The van der Waals surface area contributed by atoms with Gasteiger partial charge in [-0.25, -0.2) is 14.2 Å². The highest BCUT2D eigenvalue weighted by atomic mass is 32.1. The van der Waals surface area contributed by atoms with Gasteiger partial charge >= 0.3 is 12.4 Å². The van der Waals surface area contributed by atoms with Crippen molar-refractivity contribution in [3.63, 3.8) is 0 Å². The SMILES string of the molecule is N#Cc1cc(NC(=O)Nc2nc3ccc(OC(F)(F)F)cc3s2)ccc1F. The molecule has 0 aliphatic heterocycles. The molecule has 0 saturated heterocycles. The molecule has 2 N–H and O–H groups in total. The maximum atomic E-state index is 13.3. The monoisotopic (exact) mass is 396 g/mol. The number of nitrogens with one attached hydrogen (secondary N) is 2. The van der Waals surface area contributed by atoms with Crippen LogP contribution in [0.5, 0.6) is 5.75 Å². The van der Waals surface area contributed by atoms with Gasteiger partial charge in [-0.05, 0) is 30.3 Å². The zero-order valence-electron chi connectivity index (χ0n) is 13.1. The Morgan fingerprint density at radius 3 is 2.67 bits per heavy atom. The van der Waals surface area contributed by atoms with Crippen LogP contribution in [-0.2, 0) is 0 Å². The summed E-state index contributed by atoms with van der Waals surface area (Å²) in [6, 6.07) is 8.00. The third kappa shape index (κ3) is 4.62. The number of hydrogen-bond donors (Lipinski definition) is 2. The Labute approximate surface area is 153 Å². The number of nitrogens with zero attached hydrogens (tertiary/aromatic N) is 2. The minimum absolute atomic E-state index is 0.134. The van der Waals surface area contributed by atoms with Crippen molar-refractivity contribution in [2.24, 2.45) is 0 Å². The van der Waals surface area contributed by atoms with Gasteiger partial charge in [-0.2, -0.15) is 5.26 Å². The van der Waals surface area contributed by atoms with Gasteiger partial charge in [-0.3, -0.25) is 5.32 Å². The van der Waals surface area contributed by atoms with E-state index in [-0.39, 0.29) is 16.4 Å². The van der Waals surface area contributed by atoms with E-state index in [4.69, 9.17) is 5.26 Å². The number of thiazole rings is 1. The number of nitriles is 1. The fraction of sp³-hybridized carbons (Fsp3) is 0.0625. The Hall–Kier alpha value is -3.39. The molecule has 0 atom stereocenters. The number of ether oxygens (including phenoxy) is 1. The second kappa shape index (κ2) is 7.08. The van der Waals surface area contributed by atoms with Crippen molar-refractivity contribution in [1.82, 2.24) is 4.98 Å². The maximum absolute atomic E-state index is 13.3. The lowest BCUT2D eigenvalue weighted by molar-refractivity contribution is -0.274. The van der Waals surface area contributed by atoms with Crippen molar-refractivity contribution in [3.05, 3.63) is 47.8 Å². The van der Waals surface area contributed by atoms with E-state index >= 15 is 0 Å². The second-order valence-corrected chi connectivity index (χ2v) is 6.11. The van der Waals surface area contributed by atoms with Gasteiger partial charge in [-0.15, -0.1) is 13.2 Å². The first-order chi connectivity index (χ1) is 12.7. The van der Waals surface area contributed by atoms with Gasteiger partial charge in [0.25, 0.3) is 0 Å². The van der Waals surface area contributed by atoms with Crippen LogP contribution in [0.25, 0.3) is 10.2 Å². The van der Waals surface area contributed by atoms with Gasteiger partial charge in [0.15, 0.2) is 5.13 Å². The van der Waals surface area contributed by atoms with Crippen LogP contribution in [0.2, 0.25) is 0 Å². The number of rotatable bonds is 3. The largest absolute Gasteiger partial charge is 0.573 e. The lowest BCUT2D eigenvalue weighted by atomic mass is 10.2. The number of carbonyl (C=O) groups is 1. The fourth-order valence-corrected chi connectivity index (χ4v) is 2.99. The number of aromatic nitrogens is 1. The number of alkyl halides is 3. The Morgan fingerprint density at radius 1 is 1.19 bits per heavy atom. The van der Waals surface area contributed by atoms with E-state index in [2.05, 4.69) is 20.4 Å². The number of hydrogen-bond acceptors (Lipinski definition) is 5. The summed E-state index contributed by atoms with van der Waals surface area (Å²) in [5, 5.41) is 13.7. The molecule has 6 nitrogen and oxygen atoms in total. The van der Waals surface area contributed by atoms with E-state index in [1.54, 1.807) is 6.07 Å². The zero-order valence-corrected chi connectivity index (χ0v) is 13.9. The van der Waals surface area contributed by atoms with Crippen LogP contribution in [0, 0.1) is 17.1 Å². The Kier molecular flexibility index (Phi) is 4.83. The van der Waals surface area contributed by atoms with E-state index in [9.17, 15) is 22.4 Å². The lowest BCUT2D eigenvalue weighted by Crippen LogP contribution is -2.19. The molecule has 0 aliphatic rings. The number of urea groups is 1.